The summed E-state index contributed by atoms with van der Waals surface area (Å²) in [6.07, 6.45) is 5.07. The topological polar surface area (TPSA) is 29.9 Å². The lowest BCUT2D eigenvalue weighted by Gasteiger charge is -2.09. The Morgan fingerprint density at radius 2 is 1.94 bits per heavy atom. The van der Waals surface area contributed by atoms with Crippen molar-refractivity contribution in [1.82, 2.24) is 14.9 Å². The highest BCUT2D eigenvalue weighted by Gasteiger charge is 2.63. The highest BCUT2D eigenvalue weighted by Crippen LogP contribution is 2.67. The van der Waals surface area contributed by atoms with Crippen LogP contribution in [0.5, 0.6) is 0 Å². The van der Waals surface area contributed by atoms with Crippen LogP contribution < -0.4 is 5.32 Å². The van der Waals surface area contributed by atoms with E-state index in [1.165, 1.54) is 5.69 Å². The van der Waals surface area contributed by atoms with Crippen molar-refractivity contribution in [3.63, 3.8) is 0 Å². The molecule has 0 saturated heterocycles. The smallest absolute Gasteiger partial charge is 0.0948 e. The molecule has 0 aromatic carbocycles. The molecule has 1 aliphatic rings. The number of imidazole rings is 1. The van der Waals surface area contributed by atoms with E-state index in [0.29, 0.717) is 10.8 Å². The Labute approximate surface area is 111 Å². The lowest BCUT2D eigenvalue weighted by atomic mass is 10.0. The van der Waals surface area contributed by atoms with Crippen molar-refractivity contribution in [1.29, 1.82) is 0 Å². The molecule has 102 valence electrons. The molecule has 1 saturated carbocycles. The molecule has 1 aliphatic carbocycles. The zero-order valence-electron chi connectivity index (χ0n) is 12.5. The summed E-state index contributed by atoms with van der Waals surface area (Å²) in [5.41, 5.74) is 2.25. The summed E-state index contributed by atoms with van der Waals surface area (Å²) in [4.78, 5) is 4.23. The van der Waals surface area contributed by atoms with E-state index in [1.54, 1.807) is 0 Å². The van der Waals surface area contributed by atoms with Gasteiger partial charge in [-0.1, -0.05) is 34.6 Å². The Balaban J connectivity index is 1.81. The molecular formula is C15H27N3. The predicted molar refractivity (Wildman–Crippen MR) is 75.3 cm³/mol. The summed E-state index contributed by atoms with van der Waals surface area (Å²) in [6, 6.07) is 0. The fourth-order valence-electron chi connectivity index (χ4n) is 3.13. The molecule has 0 unspecified atom stereocenters. The van der Waals surface area contributed by atoms with Crippen LogP contribution in [-0.4, -0.2) is 16.1 Å². The summed E-state index contributed by atoms with van der Waals surface area (Å²) in [5.74, 6) is 0.785. The summed E-state index contributed by atoms with van der Waals surface area (Å²) in [6.45, 7) is 14.8. The lowest BCUT2D eigenvalue weighted by molar-refractivity contribution is 0.457. The standard InChI is InChI=1S/C15H27N3/c1-6-7-18-11-17-9-12(18)8-16-10-13-14(2,3)15(13,4)5/h9,11,13,16H,6-8,10H2,1-5H3. The second-order valence-electron chi connectivity index (χ2n) is 6.71. The Hall–Kier alpha value is -0.830. The molecule has 1 aromatic rings. The van der Waals surface area contributed by atoms with Gasteiger partial charge >= 0.3 is 0 Å². The average Bonchev–Trinajstić information content (AvgIpc) is 2.66. The van der Waals surface area contributed by atoms with Crippen molar-refractivity contribution in [2.24, 2.45) is 16.7 Å². The van der Waals surface area contributed by atoms with Gasteiger partial charge in [0, 0.05) is 19.3 Å². The molecule has 0 amide bonds. The van der Waals surface area contributed by atoms with E-state index in [-0.39, 0.29) is 0 Å². The maximum atomic E-state index is 4.23. The monoisotopic (exact) mass is 249 g/mol. The van der Waals surface area contributed by atoms with Gasteiger partial charge in [-0.25, -0.2) is 4.98 Å². The number of hydrogen-bond acceptors (Lipinski definition) is 2. The Bertz CT molecular complexity index is 390. The first-order valence-electron chi connectivity index (χ1n) is 7.11. The van der Waals surface area contributed by atoms with Crippen LogP contribution in [0, 0.1) is 16.7 Å². The van der Waals surface area contributed by atoms with Crippen LogP contribution in [-0.2, 0) is 13.1 Å². The van der Waals surface area contributed by atoms with Crippen molar-refractivity contribution in [3.8, 4) is 0 Å². The first-order valence-corrected chi connectivity index (χ1v) is 7.11. The summed E-state index contributed by atoms with van der Waals surface area (Å²) in [5, 5.41) is 3.60. The maximum Gasteiger partial charge on any atom is 0.0948 e. The first-order chi connectivity index (χ1) is 8.41. The van der Waals surface area contributed by atoms with Gasteiger partial charge in [-0.3, -0.25) is 0 Å². The van der Waals surface area contributed by atoms with E-state index in [2.05, 4.69) is 49.5 Å². The van der Waals surface area contributed by atoms with E-state index >= 15 is 0 Å². The normalized spacial score (nSPS) is 21.2. The quantitative estimate of drug-likeness (QED) is 0.839. The molecule has 0 radical (unpaired) electrons. The summed E-state index contributed by atoms with van der Waals surface area (Å²) in [7, 11) is 0. The first kappa shape index (κ1) is 13.6. The third-order valence-electron chi connectivity index (χ3n) is 5.24. The number of rotatable bonds is 6. The minimum Gasteiger partial charge on any atom is -0.333 e. The molecule has 2 rings (SSSR count). The second kappa shape index (κ2) is 4.69. The third-order valence-corrected chi connectivity index (χ3v) is 5.24. The SMILES string of the molecule is CCCn1cncc1CNCC1C(C)(C)C1(C)C. The van der Waals surface area contributed by atoms with Gasteiger partial charge in [-0.2, -0.15) is 0 Å². The van der Waals surface area contributed by atoms with Crippen molar-refractivity contribution >= 4 is 0 Å². The molecule has 0 bridgehead atoms. The van der Waals surface area contributed by atoms with Crippen LogP contribution in [0.3, 0.4) is 0 Å². The molecule has 18 heavy (non-hydrogen) atoms. The molecule has 1 N–H and O–H groups in total. The van der Waals surface area contributed by atoms with Gasteiger partial charge in [0.25, 0.3) is 0 Å². The van der Waals surface area contributed by atoms with Crippen LogP contribution in [0.2, 0.25) is 0 Å². The summed E-state index contributed by atoms with van der Waals surface area (Å²) < 4.78 is 2.25. The van der Waals surface area contributed by atoms with Gasteiger partial charge in [-0.15, -0.1) is 0 Å². The van der Waals surface area contributed by atoms with E-state index in [4.69, 9.17) is 0 Å². The molecule has 0 spiro atoms. The molecule has 1 heterocycles. The van der Waals surface area contributed by atoms with E-state index in [9.17, 15) is 0 Å². The third kappa shape index (κ3) is 2.20. The molecule has 1 fully saturated rings. The van der Waals surface area contributed by atoms with Gasteiger partial charge in [0.1, 0.15) is 0 Å². The van der Waals surface area contributed by atoms with Gasteiger partial charge in [0.05, 0.1) is 12.0 Å². The van der Waals surface area contributed by atoms with E-state index in [1.807, 2.05) is 12.5 Å². The average molecular weight is 249 g/mol. The molecule has 3 heteroatoms. The van der Waals surface area contributed by atoms with Gasteiger partial charge in [-0.05, 0) is 29.7 Å². The van der Waals surface area contributed by atoms with Gasteiger partial charge in [0.2, 0.25) is 0 Å². The summed E-state index contributed by atoms with van der Waals surface area (Å²) >= 11 is 0. The van der Waals surface area contributed by atoms with Crippen molar-refractivity contribution < 1.29 is 0 Å². The van der Waals surface area contributed by atoms with Crippen molar-refractivity contribution in [2.45, 2.75) is 54.1 Å². The second-order valence-corrected chi connectivity index (χ2v) is 6.71. The number of hydrogen-bond donors (Lipinski definition) is 1. The number of aromatic nitrogens is 2. The van der Waals surface area contributed by atoms with Crippen LogP contribution in [0.4, 0.5) is 0 Å². The fourth-order valence-corrected chi connectivity index (χ4v) is 3.13. The Morgan fingerprint density at radius 3 is 2.50 bits per heavy atom. The molecule has 0 aliphatic heterocycles. The minimum absolute atomic E-state index is 0.476. The van der Waals surface area contributed by atoms with Crippen LogP contribution in [0.1, 0.15) is 46.7 Å². The molecule has 0 atom stereocenters. The van der Waals surface area contributed by atoms with Crippen LogP contribution in [0.15, 0.2) is 12.5 Å². The number of aryl methyl sites for hydroxylation is 1. The van der Waals surface area contributed by atoms with Gasteiger partial charge < -0.3 is 9.88 Å². The predicted octanol–water partition coefficient (Wildman–Crippen LogP) is 3.06. The molecule has 1 aromatic heterocycles. The zero-order chi connectivity index (χ0) is 13.4. The van der Waals surface area contributed by atoms with Crippen LogP contribution >= 0.6 is 0 Å². The zero-order valence-corrected chi connectivity index (χ0v) is 12.5. The van der Waals surface area contributed by atoms with E-state index < -0.39 is 0 Å². The van der Waals surface area contributed by atoms with Gasteiger partial charge in [0.15, 0.2) is 0 Å². The Morgan fingerprint density at radius 1 is 1.28 bits per heavy atom. The highest BCUT2D eigenvalue weighted by atomic mass is 15.1. The van der Waals surface area contributed by atoms with Crippen molar-refractivity contribution in [3.05, 3.63) is 18.2 Å². The van der Waals surface area contributed by atoms with Crippen LogP contribution in [0.25, 0.3) is 0 Å². The fraction of sp³-hybridized carbons (Fsp3) is 0.800. The Kier molecular flexibility index (Phi) is 3.54. The lowest BCUT2D eigenvalue weighted by Crippen LogP contribution is -2.20. The van der Waals surface area contributed by atoms with Crippen molar-refractivity contribution in [2.75, 3.05) is 6.54 Å². The largest absolute Gasteiger partial charge is 0.333 e. The minimum atomic E-state index is 0.476. The molecule has 3 nitrogen and oxygen atoms in total. The number of nitrogens with one attached hydrogen (secondary N) is 1. The molecular weight excluding hydrogens is 222 g/mol. The highest BCUT2D eigenvalue weighted by molar-refractivity contribution is 5.13. The maximum absolute atomic E-state index is 4.23. The number of nitrogens with zero attached hydrogens (tertiary/aromatic N) is 2. The van der Waals surface area contributed by atoms with E-state index in [0.717, 1.165) is 32.0 Å².